The van der Waals surface area contributed by atoms with Crippen LogP contribution in [0.15, 0.2) is 24.3 Å². The Labute approximate surface area is 168 Å². The molecule has 29 heavy (non-hydrogen) atoms. The number of aromatic hydroxyl groups is 1. The molecule has 3 amide bonds. The van der Waals surface area contributed by atoms with Crippen molar-refractivity contribution in [2.24, 2.45) is 17.4 Å². The molecule has 0 aromatic heterocycles. The standard InChI is InChI=1S/C19H28N4O6/c1-3-10(2)16(23-17(26)13(20)9-15(21)25)18(27)22-14(19(28)29)8-11-4-6-12(24)7-5-11/h4-7,10,13-14,16,24H,3,8-9,20H2,1-2H3,(H2,21,25)(H,22,27)(H,23,26)(H,28,29)/t10-,13-,14-,16-/m0/s1. The van der Waals surface area contributed by atoms with Crippen molar-refractivity contribution in [1.82, 2.24) is 10.6 Å². The summed E-state index contributed by atoms with van der Waals surface area (Å²) in [4.78, 5) is 47.5. The third kappa shape index (κ3) is 7.78. The van der Waals surface area contributed by atoms with Crippen LogP contribution in [0.2, 0.25) is 0 Å². The summed E-state index contributed by atoms with van der Waals surface area (Å²) in [6.07, 6.45) is 0.141. The Morgan fingerprint density at radius 3 is 2.14 bits per heavy atom. The molecule has 0 heterocycles. The van der Waals surface area contributed by atoms with E-state index < -0.39 is 41.8 Å². The van der Waals surface area contributed by atoms with Crippen molar-refractivity contribution in [2.75, 3.05) is 0 Å². The van der Waals surface area contributed by atoms with Crippen LogP contribution in [0.4, 0.5) is 0 Å². The normalized spacial score (nSPS) is 14.9. The zero-order valence-corrected chi connectivity index (χ0v) is 16.4. The highest BCUT2D eigenvalue weighted by molar-refractivity contribution is 5.93. The molecule has 0 aliphatic heterocycles. The predicted octanol–water partition coefficient (Wildman–Crippen LogP) is -0.762. The van der Waals surface area contributed by atoms with Gasteiger partial charge in [0.25, 0.3) is 0 Å². The van der Waals surface area contributed by atoms with Crippen LogP contribution in [0.1, 0.15) is 32.3 Å². The van der Waals surface area contributed by atoms with E-state index in [1.54, 1.807) is 19.1 Å². The van der Waals surface area contributed by atoms with E-state index in [1.807, 2.05) is 6.92 Å². The van der Waals surface area contributed by atoms with Gasteiger partial charge in [-0.2, -0.15) is 0 Å². The van der Waals surface area contributed by atoms with Gasteiger partial charge in [0, 0.05) is 6.42 Å². The number of amides is 3. The lowest BCUT2D eigenvalue weighted by Gasteiger charge is -2.26. The Morgan fingerprint density at radius 2 is 1.66 bits per heavy atom. The van der Waals surface area contributed by atoms with Crippen LogP contribution in [-0.4, -0.2) is 52.0 Å². The van der Waals surface area contributed by atoms with Gasteiger partial charge in [0.1, 0.15) is 17.8 Å². The Morgan fingerprint density at radius 1 is 1.07 bits per heavy atom. The Kier molecular flexibility index (Phi) is 9.07. The first-order valence-electron chi connectivity index (χ1n) is 9.20. The summed E-state index contributed by atoms with van der Waals surface area (Å²) in [5.74, 6) is -3.68. The maximum absolute atomic E-state index is 12.7. The number of carbonyl (C=O) groups is 4. The highest BCUT2D eigenvalue weighted by Crippen LogP contribution is 2.13. The fourth-order valence-electron chi connectivity index (χ4n) is 2.60. The Bertz CT molecular complexity index is 737. The second-order valence-electron chi connectivity index (χ2n) is 6.92. The number of hydrogen-bond donors (Lipinski definition) is 6. The fraction of sp³-hybridized carbons (Fsp3) is 0.474. The van der Waals surface area contributed by atoms with Crippen molar-refractivity contribution in [3.63, 3.8) is 0 Å². The van der Waals surface area contributed by atoms with Gasteiger partial charge >= 0.3 is 5.97 Å². The zero-order valence-electron chi connectivity index (χ0n) is 16.4. The van der Waals surface area contributed by atoms with Crippen LogP contribution >= 0.6 is 0 Å². The molecular weight excluding hydrogens is 380 g/mol. The van der Waals surface area contributed by atoms with Crippen molar-refractivity contribution >= 4 is 23.7 Å². The summed E-state index contributed by atoms with van der Waals surface area (Å²) in [5, 5.41) is 23.7. The molecule has 10 heteroatoms. The lowest BCUT2D eigenvalue weighted by Crippen LogP contribution is -2.57. The lowest BCUT2D eigenvalue weighted by molar-refractivity contribution is -0.142. The van der Waals surface area contributed by atoms with Crippen LogP contribution < -0.4 is 22.1 Å². The van der Waals surface area contributed by atoms with Gasteiger partial charge in [-0.3, -0.25) is 14.4 Å². The first-order valence-corrected chi connectivity index (χ1v) is 9.20. The number of primary amides is 1. The van der Waals surface area contributed by atoms with E-state index in [0.29, 0.717) is 12.0 Å². The second kappa shape index (κ2) is 11.0. The molecule has 0 spiro atoms. The van der Waals surface area contributed by atoms with E-state index in [9.17, 15) is 29.4 Å². The molecule has 0 saturated heterocycles. The van der Waals surface area contributed by atoms with Crippen molar-refractivity contribution in [1.29, 1.82) is 0 Å². The summed E-state index contributed by atoms with van der Waals surface area (Å²) in [6.45, 7) is 3.53. The number of carbonyl (C=O) groups excluding carboxylic acids is 3. The number of carboxylic acids is 1. The molecule has 160 valence electrons. The fourth-order valence-corrected chi connectivity index (χ4v) is 2.60. The van der Waals surface area contributed by atoms with E-state index in [4.69, 9.17) is 11.5 Å². The number of nitrogens with two attached hydrogens (primary N) is 2. The topological polar surface area (TPSA) is 185 Å². The smallest absolute Gasteiger partial charge is 0.326 e. The molecule has 0 aliphatic carbocycles. The lowest BCUT2D eigenvalue weighted by atomic mass is 9.96. The molecular formula is C19H28N4O6. The number of phenols is 1. The third-order valence-electron chi connectivity index (χ3n) is 4.54. The largest absolute Gasteiger partial charge is 0.508 e. The van der Waals surface area contributed by atoms with Crippen LogP contribution in [-0.2, 0) is 25.6 Å². The molecule has 10 nitrogen and oxygen atoms in total. The summed E-state index contributed by atoms with van der Waals surface area (Å²) in [7, 11) is 0. The number of carboxylic acid groups (broad SMARTS) is 1. The highest BCUT2D eigenvalue weighted by atomic mass is 16.4. The maximum Gasteiger partial charge on any atom is 0.326 e. The van der Waals surface area contributed by atoms with E-state index in [0.717, 1.165) is 0 Å². The van der Waals surface area contributed by atoms with Crippen molar-refractivity contribution in [3.8, 4) is 5.75 Å². The van der Waals surface area contributed by atoms with Gasteiger partial charge in [-0.15, -0.1) is 0 Å². The van der Waals surface area contributed by atoms with Crippen LogP contribution in [0.5, 0.6) is 5.75 Å². The number of nitrogens with one attached hydrogen (secondary N) is 2. The minimum atomic E-state index is -1.24. The van der Waals surface area contributed by atoms with Crippen LogP contribution in [0, 0.1) is 5.92 Å². The summed E-state index contributed by atoms with van der Waals surface area (Å²) < 4.78 is 0. The average molecular weight is 408 g/mol. The van der Waals surface area contributed by atoms with Gasteiger partial charge in [-0.25, -0.2) is 4.79 Å². The molecule has 1 rings (SSSR count). The molecule has 1 aromatic carbocycles. The number of phenolic OH excluding ortho intramolecular Hbond substituents is 1. The van der Waals surface area contributed by atoms with Gasteiger partial charge in [-0.1, -0.05) is 32.4 Å². The molecule has 1 aromatic rings. The number of benzene rings is 1. The third-order valence-corrected chi connectivity index (χ3v) is 4.54. The van der Waals surface area contributed by atoms with Crippen LogP contribution in [0.25, 0.3) is 0 Å². The number of hydrogen-bond acceptors (Lipinski definition) is 6. The minimum Gasteiger partial charge on any atom is -0.508 e. The van der Waals surface area contributed by atoms with Gasteiger partial charge in [0.15, 0.2) is 0 Å². The predicted molar refractivity (Wildman–Crippen MR) is 105 cm³/mol. The first kappa shape index (κ1) is 23.9. The molecule has 8 N–H and O–H groups in total. The van der Waals surface area contributed by atoms with Crippen molar-refractivity contribution in [3.05, 3.63) is 29.8 Å². The van der Waals surface area contributed by atoms with E-state index in [-0.39, 0.29) is 24.5 Å². The quantitative estimate of drug-likeness (QED) is 0.278. The monoisotopic (exact) mass is 408 g/mol. The molecule has 0 saturated carbocycles. The zero-order chi connectivity index (χ0) is 22.1. The van der Waals surface area contributed by atoms with Gasteiger partial charge in [0.2, 0.25) is 17.7 Å². The van der Waals surface area contributed by atoms with Crippen molar-refractivity contribution in [2.45, 2.75) is 51.2 Å². The van der Waals surface area contributed by atoms with Gasteiger partial charge < -0.3 is 32.3 Å². The highest BCUT2D eigenvalue weighted by Gasteiger charge is 2.31. The van der Waals surface area contributed by atoms with E-state index in [1.165, 1.54) is 12.1 Å². The number of rotatable bonds is 11. The Balaban J connectivity index is 2.90. The molecule has 4 atom stereocenters. The first-order chi connectivity index (χ1) is 13.5. The molecule has 0 unspecified atom stereocenters. The van der Waals surface area contributed by atoms with Gasteiger partial charge in [0.05, 0.1) is 12.5 Å². The summed E-state index contributed by atoms with van der Waals surface area (Å²) in [6, 6.07) is 2.45. The van der Waals surface area contributed by atoms with Crippen molar-refractivity contribution < 1.29 is 29.4 Å². The summed E-state index contributed by atoms with van der Waals surface area (Å²) in [5.41, 5.74) is 11.2. The average Bonchev–Trinajstić information content (AvgIpc) is 2.65. The minimum absolute atomic E-state index is 0.0102. The van der Waals surface area contributed by atoms with E-state index in [2.05, 4.69) is 10.6 Å². The Hall–Kier alpha value is -3.14. The van der Waals surface area contributed by atoms with Crippen LogP contribution in [0.3, 0.4) is 0 Å². The SMILES string of the molecule is CC[C@H](C)[C@H](NC(=O)[C@@H](N)CC(N)=O)C(=O)N[C@@H](Cc1ccc(O)cc1)C(=O)O. The second-order valence-corrected chi connectivity index (χ2v) is 6.92. The van der Waals surface area contributed by atoms with E-state index >= 15 is 0 Å². The number of aliphatic carboxylic acids is 1. The molecule has 0 bridgehead atoms. The molecule has 0 fully saturated rings. The molecule has 0 radical (unpaired) electrons. The molecule has 0 aliphatic rings. The summed E-state index contributed by atoms with van der Waals surface area (Å²) >= 11 is 0. The van der Waals surface area contributed by atoms with Gasteiger partial charge in [-0.05, 0) is 23.6 Å². The maximum atomic E-state index is 12.7.